The normalized spacial score (nSPS) is 23.7. The van der Waals surface area contributed by atoms with Gasteiger partial charge in [-0.15, -0.1) is 0 Å². The van der Waals surface area contributed by atoms with Gasteiger partial charge in [-0.1, -0.05) is 40.7 Å². The summed E-state index contributed by atoms with van der Waals surface area (Å²) in [5, 5.41) is 4.51. The highest BCUT2D eigenvalue weighted by Crippen LogP contribution is 2.31. The summed E-state index contributed by atoms with van der Waals surface area (Å²) in [6, 6.07) is 6.21. The molecule has 1 aliphatic heterocycles. The van der Waals surface area contributed by atoms with Crippen molar-refractivity contribution in [2.24, 2.45) is 4.99 Å². The molecule has 0 amide bonds. The van der Waals surface area contributed by atoms with Crippen molar-refractivity contribution in [3.63, 3.8) is 0 Å². The zero-order valence-electron chi connectivity index (χ0n) is 11.1. The van der Waals surface area contributed by atoms with Crippen molar-refractivity contribution >= 4 is 38.5 Å². The Bertz CT molecular complexity index is 473. The fraction of sp³-hybridized carbons (Fsp3) is 0.500. The van der Waals surface area contributed by atoms with E-state index in [-0.39, 0.29) is 5.54 Å². The monoisotopic (exact) mass is 326 g/mol. The van der Waals surface area contributed by atoms with E-state index in [1.807, 2.05) is 17.8 Å². The largest absolute Gasteiger partial charge is 0.335 e. The zero-order chi connectivity index (χ0) is 13.2. The molecule has 18 heavy (non-hydrogen) atoms. The van der Waals surface area contributed by atoms with Crippen molar-refractivity contribution in [2.45, 2.75) is 39.2 Å². The minimum absolute atomic E-state index is 0.105. The first kappa shape index (κ1) is 13.9. The second-order valence-electron chi connectivity index (χ2n) is 4.90. The number of aliphatic imine (C=N–C) groups is 1. The van der Waals surface area contributed by atoms with Crippen LogP contribution in [0.4, 0.5) is 5.69 Å². The Labute approximate surface area is 122 Å². The van der Waals surface area contributed by atoms with Crippen LogP contribution in [-0.4, -0.2) is 16.5 Å². The van der Waals surface area contributed by atoms with Crippen molar-refractivity contribution in [1.82, 2.24) is 0 Å². The van der Waals surface area contributed by atoms with Crippen LogP contribution in [0.25, 0.3) is 0 Å². The van der Waals surface area contributed by atoms with E-state index >= 15 is 0 Å². The molecule has 0 aromatic heterocycles. The third-order valence-corrected chi connectivity index (χ3v) is 5.26. The molecular weight excluding hydrogens is 308 g/mol. The number of nitrogens with one attached hydrogen (secondary N) is 1. The van der Waals surface area contributed by atoms with Gasteiger partial charge in [0.05, 0.1) is 5.54 Å². The number of benzene rings is 1. The average molecular weight is 327 g/mol. The summed E-state index contributed by atoms with van der Waals surface area (Å²) in [5.41, 5.74) is 2.47. The zero-order valence-corrected chi connectivity index (χ0v) is 13.5. The number of rotatable bonds is 2. The topological polar surface area (TPSA) is 24.4 Å². The van der Waals surface area contributed by atoms with Crippen LogP contribution < -0.4 is 5.32 Å². The molecule has 0 bridgehead atoms. The van der Waals surface area contributed by atoms with Crippen molar-refractivity contribution in [3.05, 3.63) is 28.2 Å². The lowest BCUT2D eigenvalue weighted by molar-refractivity contribution is 0.443. The van der Waals surface area contributed by atoms with Crippen molar-refractivity contribution in [3.8, 4) is 0 Å². The van der Waals surface area contributed by atoms with Gasteiger partial charge in [0.2, 0.25) is 0 Å². The van der Waals surface area contributed by atoms with Gasteiger partial charge >= 0.3 is 0 Å². The standard InChI is InChI=1S/C14H19BrN2S/c1-4-14(3)8-9-18-13(17-14)16-12-7-5-6-11(15)10(12)2/h5-7H,4,8-9H2,1-3H3,(H,16,17). The number of thioether (sulfide) groups is 1. The molecule has 0 radical (unpaired) electrons. The highest BCUT2D eigenvalue weighted by Gasteiger charge is 2.26. The molecule has 0 spiro atoms. The summed E-state index contributed by atoms with van der Waals surface area (Å²) < 4.78 is 1.13. The SMILES string of the molecule is CCC1(C)CCSC(Nc2cccc(Br)c2C)=N1. The fourth-order valence-corrected chi connectivity index (χ4v) is 3.45. The highest BCUT2D eigenvalue weighted by molar-refractivity contribution is 9.10. The summed E-state index contributed by atoms with van der Waals surface area (Å²) in [4.78, 5) is 4.85. The van der Waals surface area contributed by atoms with Crippen LogP contribution >= 0.6 is 27.7 Å². The van der Waals surface area contributed by atoms with E-state index < -0.39 is 0 Å². The van der Waals surface area contributed by atoms with E-state index in [1.54, 1.807) is 0 Å². The Morgan fingerprint density at radius 3 is 3.00 bits per heavy atom. The summed E-state index contributed by atoms with van der Waals surface area (Å²) >= 11 is 5.37. The second kappa shape index (κ2) is 5.66. The molecule has 2 rings (SSSR count). The lowest BCUT2D eigenvalue weighted by Crippen LogP contribution is -2.29. The van der Waals surface area contributed by atoms with Gasteiger partial charge in [0.1, 0.15) is 0 Å². The van der Waals surface area contributed by atoms with E-state index in [4.69, 9.17) is 4.99 Å². The van der Waals surface area contributed by atoms with Crippen molar-refractivity contribution in [1.29, 1.82) is 0 Å². The Kier molecular flexibility index (Phi) is 4.38. The number of amidine groups is 1. The molecule has 1 aliphatic rings. The molecule has 1 aromatic rings. The number of hydrogen-bond donors (Lipinski definition) is 1. The van der Waals surface area contributed by atoms with Gasteiger partial charge in [-0.2, -0.15) is 0 Å². The van der Waals surface area contributed by atoms with Crippen LogP contribution in [-0.2, 0) is 0 Å². The van der Waals surface area contributed by atoms with Crippen molar-refractivity contribution < 1.29 is 0 Å². The second-order valence-corrected chi connectivity index (χ2v) is 6.84. The Balaban J connectivity index is 2.21. The summed E-state index contributed by atoms with van der Waals surface area (Å²) in [5.74, 6) is 1.14. The molecule has 4 heteroatoms. The van der Waals surface area contributed by atoms with Gasteiger partial charge in [-0.25, -0.2) is 0 Å². The molecule has 2 nitrogen and oxygen atoms in total. The minimum atomic E-state index is 0.105. The molecular formula is C14H19BrN2S. The van der Waals surface area contributed by atoms with E-state index in [0.29, 0.717) is 0 Å². The quantitative estimate of drug-likeness (QED) is 0.841. The smallest absolute Gasteiger partial charge is 0.161 e. The summed E-state index contributed by atoms with van der Waals surface area (Å²) in [7, 11) is 0. The first-order valence-electron chi connectivity index (χ1n) is 6.29. The van der Waals surface area contributed by atoms with E-state index in [2.05, 4.69) is 54.2 Å². The number of anilines is 1. The molecule has 1 unspecified atom stereocenters. The minimum Gasteiger partial charge on any atom is -0.335 e. The molecule has 0 aliphatic carbocycles. The predicted molar refractivity (Wildman–Crippen MR) is 85.7 cm³/mol. The van der Waals surface area contributed by atoms with Gasteiger partial charge in [0.15, 0.2) is 5.17 Å². The van der Waals surface area contributed by atoms with Gasteiger partial charge in [0, 0.05) is 15.9 Å². The molecule has 0 saturated heterocycles. The van der Waals surface area contributed by atoms with E-state index in [1.165, 1.54) is 5.56 Å². The molecule has 98 valence electrons. The lowest BCUT2D eigenvalue weighted by Gasteiger charge is -2.29. The first-order valence-corrected chi connectivity index (χ1v) is 8.07. The molecule has 1 heterocycles. The first-order chi connectivity index (χ1) is 8.54. The van der Waals surface area contributed by atoms with Gasteiger partial charge in [0.25, 0.3) is 0 Å². The van der Waals surface area contributed by atoms with Crippen LogP contribution in [0.2, 0.25) is 0 Å². The number of halogens is 1. The van der Waals surface area contributed by atoms with Crippen molar-refractivity contribution in [2.75, 3.05) is 11.1 Å². The fourth-order valence-electron chi connectivity index (χ4n) is 1.88. The molecule has 1 aromatic carbocycles. The Morgan fingerprint density at radius 1 is 1.50 bits per heavy atom. The summed E-state index contributed by atoms with van der Waals surface area (Å²) in [6.45, 7) is 6.56. The van der Waals surface area contributed by atoms with Crippen LogP contribution in [0.15, 0.2) is 27.7 Å². The maximum atomic E-state index is 4.85. The van der Waals surface area contributed by atoms with Crippen LogP contribution in [0.3, 0.4) is 0 Å². The maximum absolute atomic E-state index is 4.85. The third-order valence-electron chi connectivity index (χ3n) is 3.52. The molecule has 1 atom stereocenters. The molecule has 1 N–H and O–H groups in total. The Hall–Kier alpha value is -0.480. The van der Waals surface area contributed by atoms with Crippen LogP contribution in [0.5, 0.6) is 0 Å². The van der Waals surface area contributed by atoms with E-state index in [9.17, 15) is 0 Å². The number of nitrogens with zero attached hydrogens (tertiary/aromatic N) is 1. The van der Waals surface area contributed by atoms with Crippen LogP contribution in [0.1, 0.15) is 32.3 Å². The lowest BCUT2D eigenvalue weighted by atomic mass is 9.97. The Morgan fingerprint density at radius 2 is 2.28 bits per heavy atom. The van der Waals surface area contributed by atoms with Gasteiger partial charge in [-0.3, -0.25) is 4.99 Å². The highest BCUT2D eigenvalue weighted by atomic mass is 79.9. The molecule has 0 saturated carbocycles. The third kappa shape index (κ3) is 3.09. The number of hydrogen-bond acceptors (Lipinski definition) is 3. The summed E-state index contributed by atoms with van der Waals surface area (Å²) in [6.07, 6.45) is 2.26. The van der Waals surface area contributed by atoms with Gasteiger partial charge < -0.3 is 5.32 Å². The predicted octanol–water partition coefficient (Wildman–Crippen LogP) is 4.83. The van der Waals surface area contributed by atoms with Gasteiger partial charge in [-0.05, 0) is 44.4 Å². The maximum Gasteiger partial charge on any atom is 0.161 e. The molecule has 0 fully saturated rings. The average Bonchev–Trinajstić information content (AvgIpc) is 2.35. The van der Waals surface area contributed by atoms with E-state index in [0.717, 1.165) is 33.9 Å². The van der Waals surface area contributed by atoms with Crippen LogP contribution in [0, 0.1) is 6.92 Å².